The second-order valence-electron chi connectivity index (χ2n) is 5.52. The predicted molar refractivity (Wildman–Crippen MR) is 91.2 cm³/mol. The minimum absolute atomic E-state index is 0.167. The normalized spacial score (nSPS) is 10.6. The van der Waals surface area contributed by atoms with Gasteiger partial charge in [-0.2, -0.15) is 4.98 Å². The first kappa shape index (κ1) is 14.9. The Morgan fingerprint density at radius 1 is 1.09 bits per heavy atom. The van der Waals surface area contributed by atoms with Crippen molar-refractivity contribution in [1.29, 1.82) is 0 Å². The fourth-order valence-corrected chi connectivity index (χ4v) is 2.09. The minimum Gasteiger partial charge on any atom is -0.423 e. The lowest BCUT2D eigenvalue weighted by atomic mass is 10.2. The number of benzene rings is 2. The van der Waals surface area contributed by atoms with E-state index in [1.54, 1.807) is 14.1 Å². The van der Waals surface area contributed by atoms with Crippen molar-refractivity contribution in [3.05, 3.63) is 48.0 Å². The van der Waals surface area contributed by atoms with Gasteiger partial charge in [0.1, 0.15) is 5.52 Å². The maximum Gasteiger partial charge on any atom is 0.321 e. The summed E-state index contributed by atoms with van der Waals surface area (Å²) >= 11 is 0. The lowest BCUT2D eigenvalue weighted by molar-refractivity contribution is 0.230. The molecular weight excluding hydrogens is 292 g/mol. The Morgan fingerprint density at radius 2 is 1.78 bits per heavy atom. The Bertz CT molecular complexity index is 837. The van der Waals surface area contributed by atoms with Crippen LogP contribution in [0.5, 0.6) is 0 Å². The van der Waals surface area contributed by atoms with Gasteiger partial charge in [0, 0.05) is 25.5 Å². The molecule has 0 spiro atoms. The van der Waals surface area contributed by atoms with E-state index in [9.17, 15) is 4.79 Å². The molecule has 6 nitrogen and oxygen atoms in total. The Morgan fingerprint density at radius 3 is 2.48 bits per heavy atom. The molecule has 0 atom stereocenters. The molecule has 0 unspecified atom stereocenters. The molecule has 2 N–H and O–H groups in total. The molecule has 0 fully saturated rings. The van der Waals surface area contributed by atoms with Crippen LogP contribution in [-0.2, 0) is 0 Å². The van der Waals surface area contributed by atoms with Crippen LogP contribution in [-0.4, -0.2) is 30.0 Å². The highest BCUT2D eigenvalue weighted by Gasteiger charge is 2.07. The van der Waals surface area contributed by atoms with Crippen LogP contribution in [0.25, 0.3) is 11.1 Å². The van der Waals surface area contributed by atoms with E-state index in [1.165, 1.54) is 4.90 Å². The van der Waals surface area contributed by atoms with Gasteiger partial charge in [0.2, 0.25) is 0 Å². The van der Waals surface area contributed by atoms with E-state index in [0.29, 0.717) is 6.01 Å². The number of carbonyl (C=O) groups is 1. The van der Waals surface area contributed by atoms with Crippen molar-refractivity contribution in [1.82, 2.24) is 9.88 Å². The third-order valence-electron chi connectivity index (χ3n) is 3.34. The first-order valence-electron chi connectivity index (χ1n) is 7.24. The van der Waals surface area contributed by atoms with Crippen molar-refractivity contribution in [3.63, 3.8) is 0 Å². The van der Waals surface area contributed by atoms with Gasteiger partial charge >= 0.3 is 6.03 Å². The molecule has 0 aliphatic rings. The van der Waals surface area contributed by atoms with Crippen molar-refractivity contribution in [3.8, 4) is 0 Å². The third-order valence-corrected chi connectivity index (χ3v) is 3.34. The summed E-state index contributed by atoms with van der Waals surface area (Å²) in [7, 11) is 3.39. The lowest BCUT2D eigenvalue weighted by Gasteiger charge is -2.12. The molecule has 1 aromatic heterocycles. The molecule has 23 heavy (non-hydrogen) atoms. The second-order valence-corrected chi connectivity index (χ2v) is 5.52. The number of nitrogens with zero attached hydrogens (tertiary/aromatic N) is 2. The number of carbonyl (C=O) groups excluding carboxylic acids is 1. The number of oxazole rings is 1. The van der Waals surface area contributed by atoms with E-state index in [-0.39, 0.29) is 6.03 Å². The summed E-state index contributed by atoms with van der Waals surface area (Å²) in [5.74, 6) is 0. The first-order valence-corrected chi connectivity index (χ1v) is 7.24. The number of aryl methyl sites for hydroxylation is 1. The summed E-state index contributed by atoms with van der Waals surface area (Å²) in [6.45, 7) is 2.02. The average molecular weight is 310 g/mol. The summed E-state index contributed by atoms with van der Waals surface area (Å²) in [4.78, 5) is 17.5. The van der Waals surface area contributed by atoms with Gasteiger partial charge < -0.3 is 20.0 Å². The average Bonchev–Trinajstić information content (AvgIpc) is 2.90. The fourth-order valence-electron chi connectivity index (χ4n) is 2.09. The Labute approximate surface area is 134 Å². The standard InChI is InChI=1S/C17H18N4O2/c1-11-4-9-15-14(10-11)20-16(23-15)18-12-5-7-13(8-6-12)19-17(22)21(2)3/h4-10H,1-3H3,(H,18,20)(H,19,22). The van der Waals surface area contributed by atoms with Crippen molar-refractivity contribution in [2.75, 3.05) is 24.7 Å². The van der Waals surface area contributed by atoms with Gasteiger partial charge in [-0.05, 0) is 48.9 Å². The highest BCUT2D eigenvalue weighted by molar-refractivity contribution is 5.89. The van der Waals surface area contributed by atoms with E-state index in [0.717, 1.165) is 28.0 Å². The molecule has 118 valence electrons. The summed E-state index contributed by atoms with van der Waals surface area (Å²) in [6, 6.07) is 13.5. The zero-order valence-electron chi connectivity index (χ0n) is 13.3. The highest BCUT2D eigenvalue weighted by Crippen LogP contribution is 2.23. The number of hydrogen-bond acceptors (Lipinski definition) is 4. The van der Waals surface area contributed by atoms with Crippen molar-refractivity contribution >= 4 is 34.5 Å². The Hall–Kier alpha value is -3.02. The van der Waals surface area contributed by atoms with Gasteiger partial charge in [0.05, 0.1) is 0 Å². The van der Waals surface area contributed by atoms with Gasteiger partial charge in [0.15, 0.2) is 5.58 Å². The topological polar surface area (TPSA) is 70.4 Å². The fraction of sp³-hybridized carbons (Fsp3) is 0.176. The summed E-state index contributed by atoms with van der Waals surface area (Å²) in [6.07, 6.45) is 0. The molecule has 2 amide bonds. The maximum atomic E-state index is 11.6. The van der Waals surface area contributed by atoms with Crippen LogP contribution in [0.3, 0.4) is 0 Å². The predicted octanol–water partition coefficient (Wildman–Crippen LogP) is 3.97. The highest BCUT2D eigenvalue weighted by atomic mass is 16.4. The number of aromatic nitrogens is 1. The zero-order chi connectivity index (χ0) is 16.4. The second kappa shape index (κ2) is 6.00. The summed E-state index contributed by atoms with van der Waals surface area (Å²) < 4.78 is 5.65. The zero-order valence-corrected chi connectivity index (χ0v) is 13.3. The summed E-state index contributed by atoms with van der Waals surface area (Å²) in [5.41, 5.74) is 4.26. The number of hydrogen-bond donors (Lipinski definition) is 2. The van der Waals surface area contributed by atoms with Crippen LogP contribution in [0.1, 0.15) is 5.56 Å². The van der Waals surface area contributed by atoms with Crippen LogP contribution < -0.4 is 10.6 Å². The quantitative estimate of drug-likeness (QED) is 0.768. The molecule has 3 rings (SSSR count). The van der Waals surface area contributed by atoms with Crippen LogP contribution in [0.2, 0.25) is 0 Å². The molecule has 2 aromatic carbocycles. The monoisotopic (exact) mass is 310 g/mol. The molecule has 6 heteroatoms. The Kier molecular flexibility index (Phi) is 3.89. The van der Waals surface area contributed by atoms with E-state index in [1.807, 2.05) is 49.4 Å². The molecule has 0 radical (unpaired) electrons. The van der Waals surface area contributed by atoms with Gasteiger partial charge in [-0.25, -0.2) is 4.79 Å². The summed E-state index contributed by atoms with van der Waals surface area (Å²) in [5, 5.41) is 5.90. The van der Waals surface area contributed by atoms with Crippen LogP contribution in [0.15, 0.2) is 46.9 Å². The number of rotatable bonds is 3. The van der Waals surface area contributed by atoms with Crippen LogP contribution >= 0.6 is 0 Å². The molecule has 0 aliphatic carbocycles. The number of anilines is 3. The van der Waals surface area contributed by atoms with Crippen molar-refractivity contribution in [2.45, 2.75) is 6.92 Å². The SMILES string of the molecule is Cc1ccc2oc(Nc3ccc(NC(=O)N(C)C)cc3)nc2c1. The lowest BCUT2D eigenvalue weighted by Crippen LogP contribution is -2.27. The van der Waals surface area contributed by atoms with E-state index < -0.39 is 0 Å². The number of amides is 2. The first-order chi connectivity index (χ1) is 11.0. The number of urea groups is 1. The van der Waals surface area contributed by atoms with E-state index in [2.05, 4.69) is 15.6 Å². The Balaban J connectivity index is 1.73. The molecular formula is C17H18N4O2. The molecule has 0 aliphatic heterocycles. The van der Waals surface area contributed by atoms with Gasteiger partial charge in [-0.3, -0.25) is 0 Å². The molecule has 0 saturated heterocycles. The van der Waals surface area contributed by atoms with Gasteiger partial charge in [-0.1, -0.05) is 6.07 Å². The van der Waals surface area contributed by atoms with Gasteiger partial charge in [0.25, 0.3) is 6.01 Å². The smallest absolute Gasteiger partial charge is 0.321 e. The van der Waals surface area contributed by atoms with Crippen LogP contribution in [0.4, 0.5) is 22.2 Å². The number of fused-ring (bicyclic) bond motifs is 1. The third kappa shape index (κ3) is 3.42. The van der Waals surface area contributed by atoms with Gasteiger partial charge in [-0.15, -0.1) is 0 Å². The largest absolute Gasteiger partial charge is 0.423 e. The van der Waals surface area contributed by atoms with Crippen molar-refractivity contribution in [2.24, 2.45) is 0 Å². The van der Waals surface area contributed by atoms with Crippen molar-refractivity contribution < 1.29 is 9.21 Å². The molecule has 1 heterocycles. The molecule has 3 aromatic rings. The number of nitrogens with one attached hydrogen (secondary N) is 2. The van der Waals surface area contributed by atoms with Crippen LogP contribution in [0, 0.1) is 6.92 Å². The maximum absolute atomic E-state index is 11.6. The minimum atomic E-state index is -0.167. The van der Waals surface area contributed by atoms with E-state index >= 15 is 0 Å². The molecule has 0 saturated carbocycles. The molecule has 0 bridgehead atoms. The van der Waals surface area contributed by atoms with E-state index in [4.69, 9.17) is 4.42 Å².